The molecule has 2 aromatic rings. The Morgan fingerprint density at radius 3 is 2.73 bits per heavy atom. The summed E-state index contributed by atoms with van der Waals surface area (Å²) >= 11 is 0. The predicted octanol–water partition coefficient (Wildman–Crippen LogP) is 3.26. The van der Waals surface area contributed by atoms with Crippen LogP contribution in [0.3, 0.4) is 0 Å². The zero-order valence-corrected chi connectivity index (χ0v) is 12.5. The zero-order chi connectivity index (χ0) is 15.9. The van der Waals surface area contributed by atoms with E-state index in [9.17, 15) is 8.78 Å². The fourth-order valence-electron chi connectivity index (χ4n) is 1.86. The molecule has 0 saturated heterocycles. The molecule has 5 nitrogen and oxygen atoms in total. The summed E-state index contributed by atoms with van der Waals surface area (Å²) in [5.74, 6) is -0.443. The standard InChI is InChI=1S/C15H18F2N4O/c1-10-8-14(18-6-3-7-22-2)21-15(19-10)20-13-5-4-11(16)9-12(13)17/h4-5,8-9H,3,6-7H2,1-2H3,(H2,18,19,20,21). The van der Waals surface area contributed by atoms with Gasteiger partial charge in [0.1, 0.15) is 17.5 Å². The van der Waals surface area contributed by atoms with Crippen LogP contribution in [0.15, 0.2) is 24.3 Å². The molecule has 0 bridgehead atoms. The first kappa shape index (κ1) is 16.1. The van der Waals surface area contributed by atoms with E-state index in [0.717, 1.165) is 18.2 Å². The Morgan fingerprint density at radius 2 is 2.00 bits per heavy atom. The normalized spacial score (nSPS) is 10.5. The lowest BCUT2D eigenvalue weighted by atomic mass is 10.3. The molecule has 0 aliphatic carbocycles. The molecular formula is C15H18F2N4O. The molecule has 0 atom stereocenters. The van der Waals surface area contributed by atoms with Crippen LogP contribution in [-0.4, -0.2) is 30.2 Å². The number of anilines is 3. The Balaban J connectivity index is 2.08. The van der Waals surface area contributed by atoms with Gasteiger partial charge in [0.25, 0.3) is 0 Å². The van der Waals surface area contributed by atoms with Crippen LogP contribution in [0, 0.1) is 18.6 Å². The molecule has 0 aliphatic rings. The molecule has 0 amide bonds. The van der Waals surface area contributed by atoms with Gasteiger partial charge in [-0.1, -0.05) is 0 Å². The number of hydrogen-bond acceptors (Lipinski definition) is 5. The van der Waals surface area contributed by atoms with Crippen molar-refractivity contribution in [3.05, 3.63) is 41.6 Å². The summed E-state index contributed by atoms with van der Waals surface area (Å²) in [7, 11) is 1.65. The summed E-state index contributed by atoms with van der Waals surface area (Å²) < 4.78 is 31.5. The molecule has 0 saturated carbocycles. The second-order valence-corrected chi connectivity index (χ2v) is 4.74. The van der Waals surface area contributed by atoms with Crippen molar-refractivity contribution in [3.63, 3.8) is 0 Å². The van der Waals surface area contributed by atoms with E-state index in [2.05, 4.69) is 20.6 Å². The van der Waals surface area contributed by atoms with Gasteiger partial charge in [0.05, 0.1) is 5.69 Å². The maximum Gasteiger partial charge on any atom is 0.229 e. The van der Waals surface area contributed by atoms with Crippen LogP contribution in [0.4, 0.5) is 26.2 Å². The summed E-state index contributed by atoms with van der Waals surface area (Å²) in [6, 6.07) is 5.08. The smallest absolute Gasteiger partial charge is 0.229 e. The minimum atomic E-state index is -0.695. The van der Waals surface area contributed by atoms with Crippen molar-refractivity contribution < 1.29 is 13.5 Å². The second kappa shape index (κ2) is 7.65. The van der Waals surface area contributed by atoms with Crippen LogP contribution in [0.1, 0.15) is 12.1 Å². The first-order chi connectivity index (χ1) is 10.6. The molecular weight excluding hydrogens is 290 g/mol. The van der Waals surface area contributed by atoms with Crippen molar-refractivity contribution in [3.8, 4) is 0 Å². The fourth-order valence-corrected chi connectivity index (χ4v) is 1.86. The molecule has 22 heavy (non-hydrogen) atoms. The van der Waals surface area contributed by atoms with Gasteiger partial charge in [-0.15, -0.1) is 0 Å². The average molecular weight is 308 g/mol. The van der Waals surface area contributed by atoms with Crippen LogP contribution in [-0.2, 0) is 4.74 Å². The van der Waals surface area contributed by atoms with Gasteiger partial charge < -0.3 is 15.4 Å². The Morgan fingerprint density at radius 1 is 1.18 bits per heavy atom. The Kier molecular flexibility index (Phi) is 5.60. The average Bonchev–Trinajstić information content (AvgIpc) is 2.46. The number of nitrogens with zero attached hydrogens (tertiary/aromatic N) is 2. The van der Waals surface area contributed by atoms with Gasteiger partial charge in [-0.05, 0) is 25.5 Å². The van der Waals surface area contributed by atoms with Gasteiger partial charge in [0.15, 0.2) is 0 Å². The van der Waals surface area contributed by atoms with E-state index in [-0.39, 0.29) is 11.6 Å². The number of aromatic nitrogens is 2. The summed E-state index contributed by atoms with van der Waals surface area (Å²) in [6.07, 6.45) is 0.842. The molecule has 0 radical (unpaired) electrons. The quantitative estimate of drug-likeness (QED) is 0.769. The summed E-state index contributed by atoms with van der Waals surface area (Å²) in [5, 5.41) is 5.90. The lowest BCUT2D eigenvalue weighted by Gasteiger charge is -2.10. The summed E-state index contributed by atoms with van der Waals surface area (Å²) in [4.78, 5) is 8.45. The Labute approximate surface area is 127 Å². The molecule has 1 aromatic carbocycles. The predicted molar refractivity (Wildman–Crippen MR) is 81.4 cm³/mol. The molecule has 0 fully saturated rings. The maximum atomic E-state index is 13.6. The number of nitrogens with one attached hydrogen (secondary N) is 2. The molecule has 0 spiro atoms. The van der Waals surface area contributed by atoms with E-state index in [4.69, 9.17) is 4.74 Å². The fraction of sp³-hybridized carbons (Fsp3) is 0.333. The van der Waals surface area contributed by atoms with E-state index < -0.39 is 11.6 Å². The lowest BCUT2D eigenvalue weighted by Crippen LogP contribution is -2.08. The van der Waals surface area contributed by atoms with Crippen molar-refractivity contribution in [2.24, 2.45) is 0 Å². The van der Waals surface area contributed by atoms with Crippen LogP contribution in [0.25, 0.3) is 0 Å². The minimum Gasteiger partial charge on any atom is -0.385 e. The first-order valence-electron chi connectivity index (χ1n) is 6.89. The minimum absolute atomic E-state index is 0.123. The van der Waals surface area contributed by atoms with Crippen LogP contribution >= 0.6 is 0 Å². The number of benzene rings is 1. The monoisotopic (exact) mass is 308 g/mol. The molecule has 1 heterocycles. The third-order valence-corrected chi connectivity index (χ3v) is 2.86. The highest BCUT2D eigenvalue weighted by atomic mass is 19.1. The van der Waals surface area contributed by atoms with E-state index in [0.29, 0.717) is 19.0 Å². The largest absolute Gasteiger partial charge is 0.385 e. The topological polar surface area (TPSA) is 59.1 Å². The number of ether oxygens (including phenoxy) is 1. The Hall–Kier alpha value is -2.28. The molecule has 1 aromatic heterocycles. The van der Waals surface area contributed by atoms with Gasteiger partial charge in [-0.2, -0.15) is 4.98 Å². The van der Waals surface area contributed by atoms with Gasteiger partial charge in [-0.3, -0.25) is 0 Å². The second-order valence-electron chi connectivity index (χ2n) is 4.74. The van der Waals surface area contributed by atoms with Gasteiger partial charge in [-0.25, -0.2) is 13.8 Å². The number of aryl methyl sites for hydroxylation is 1. The zero-order valence-electron chi connectivity index (χ0n) is 12.5. The van der Waals surface area contributed by atoms with E-state index in [1.807, 2.05) is 6.92 Å². The molecule has 118 valence electrons. The third kappa shape index (κ3) is 4.63. The van der Waals surface area contributed by atoms with Gasteiger partial charge in [0, 0.05) is 38.1 Å². The first-order valence-corrected chi connectivity index (χ1v) is 6.89. The van der Waals surface area contributed by atoms with Gasteiger partial charge >= 0.3 is 0 Å². The Bertz CT molecular complexity index is 637. The lowest BCUT2D eigenvalue weighted by molar-refractivity contribution is 0.198. The molecule has 0 aliphatic heterocycles. The third-order valence-electron chi connectivity index (χ3n) is 2.86. The SMILES string of the molecule is COCCCNc1cc(C)nc(Nc2ccc(F)cc2F)n1. The maximum absolute atomic E-state index is 13.6. The molecule has 7 heteroatoms. The number of rotatable bonds is 7. The number of methoxy groups -OCH3 is 1. The van der Waals surface area contributed by atoms with E-state index in [1.54, 1.807) is 13.2 Å². The molecule has 2 N–H and O–H groups in total. The van der Waals surface area contributed by atoms with Crippen molar-refractivity contribution in [2.75, 3.05) is 30.9 Å². The van der Waals surface area contributed by atoms with Crippen molar-refractivity contribution >= 4 is 17.5 Å². The van der Waals surface area contributed by atoms with Crippen LogP contribution in [0.2, 0.25) is 0 Å². The van der Waals surface area contributed by atoms with Crippen LogP contribution < -0.4 is 10.6 Å². The van der Waals surface area contributed by atoms with Crippen molar-refractivity contribution in [1.82, 2.24) is 9.97 Å². The number of halogens is 2. The van der Waals surface area contributed by atoms with E-state index >= 15 is 0 Å². The van der Waals surface area contributed by atoms with Crippen molar-refractivity contribution in [1.29, 1.82) is 0 Å². The molecule has 2 rings (SSSR count). The highest BCUT2D eigenvalue weighted by Gasteiger charge is 2.07. The summed E-state index contributed by atoms with van der Waals surface area (Å²) in [5.41, 5.74) is 0.853. The summed E-state index contributed by atoms with van der Waals surface area (Å²) in [6.45, 7) is 3.17. The van der Waals surface area contributed by atoms with Crippen molar-refractivity contribution in [2.45, 2.75) is 13.3 Å². The highest BCUT2D eigenvalue weighted by molar-refractivity contribution is 5.56. The van der Waals surface area contributed by atoms with Crippen LogP contribution in [0.5, 0.6) is 0 Å². The van der Waals surface area contributed by atoms with E-state index in [1.165, 1.54) is 12.1 Å². The number of hydrogen-bond donors (Lipinski definition) is 2. The van der Waals surface area contributed by atoms with Gasteiger partial charge in [0.2, 0.25) is 5.95 Å². The highest BCUT2D eigenvalue weighted by Crippen LogP contribution is 2.19. The molecule has 0 unspecified atom stereocenters.